The first-order valence-electron chi connectivity index (χ1n) is 12.4. The molecule has 204 valence electrons. The summed E-state index contributed by atoms with van der Waals surface area (Å²) in [6, 6.07) is 17.8. The van der Waals surface area contributed by atoms with Crippen LogP contribution < -0.4 is 4.74 Å². The van der Waals surface area contributed by atoms with E-state index in [4.69, 9.17) is 32.4 Å². The van der Waals surface area contributed by atoms with Crippen LogP contribution in [0.3, 0.4) is 0 Å². The Hall–Kier alpha value is -3.88. The zero-order valence-electron chi connectivity index (χ0n) is 21.0. The molecule has 3 heterocycles. The van der Waals surface area contributed by atoms with Gasteiger partial charge in [-0.2, -0.15) is 13.2 Å². The molecule has 2 aromatic heterocycles. The number of carbonyl (C=O) groups excluding carboxylic acids is 1. The molecule has 40 heavy (non-hydrogen) atoms. The van der Waals surface area contributed by atoms with E-state index < -0.39 is 17.8 Å². The monoisotopic (exact) mass is 584 g/mol. The van der Waals surface area contributed by atoms with Crippen molar-refractivity contribution in [1.82, 2.24) is 9.88 Å². The fourth-order valence-electron chi connectivity index (χ4n) is 5.34. The number of rotatable bonds is 4. The number of aromatic nitrogens is 1. The number of H-pyrrole nitrogens is 1. The van der Waals surface area contributed by atoms with E-state index in [1.807, 2.05) is 18.2 Å². The summed E-state index contributed by atoms with van der Waals surface area (Å²) in [5.41, 5.74) is 1.92. The van der Waals surface area contributed by atoms with E-state index in [2.05, 4.69) is 4.98 Å². The molecule has 5 aromatic rings. The highest BCUT2D eigenvalue weighted by Gasteiger charge is 2.38. The number of halogens is 5. The number of alkyl halides is 3. The van der Waals surface area contributed by atoms with E-state index in [0.29, 0.717) is 40.2 Å². The van der Waals surface area contributed by atoms with Crippen LogP contribution in [0.5, 0.6) is 5.75 Å². The molecule has 0 fully saturated rings. The fourth-order valence-corrected chi connectivity index (χ4v) is 5.87. The number of furan rings is 1. The maximum Gasteiger partial charge on any atom is 0.417 e. The SMILES string of the molecule is COc1ccc2[nH]c3c(c2c1)CCN(C(=O)c1cc(Cl)cc(Cl)c1)[C@@H]3c1ccc(-c2ccccc2C(F)(F)F)o1. The lowest BCUT2D eigenvalue weighted by Gasteiger charge is -2.35. The summed E-state index contributed by atoms with van der Waals surface area (Å²) >= 11 is 12.4. The molecule has 0 radical (unpaired) electrons. The Balaban J connectivity index is 1.50. The van der Waals surface area contributed by atoms with Crippen LogP contribution in [0.1, 0.15) is 39.0 Å². The number of hydrogen-bond donors (Lipinski definition) is 1. The molecule has 0 bridgehead atoms. The van der Waals surface area contributed by atoms with Gasteiger partial charge >= 0.3 is 6.18 Å². The third-order valence-corrected chi connectivity index (χ3v) is 7.54. The Morgan fingerprint density at radius 3 is 2.50 bits per heavy atom. The molecule has 0 unspecified atom stereocenters. The minimum absolute atomic E-state index is 0.0472. The molecule has 1 aliphatic rings. The summed E-state index contributed by atoms with van der Waals surface area (Å²) in [5.74, 6) is 0.700. The van der Waals surface area contributed by atoms with Gasteiger partial charge in [-0.25, -0.2) is 0 Å². The Bertz CT molecular complexity index is 1740. The van der Waals surface area contributed by atoms with E-state index in [-0.39, 0.29) is 22.8 Å². The molecule has 1 amide bonds. The Labute approximate surface area is 237 Å². The molecule has 0 aliphatic carbocycles. The van der Waals surface area contributed by atoms with Gasteiger partial charge in [0.1, 0.15) is 23.3 Å². The number of amides is 1. The van der Waals surface area contributed by atoms with Crippen molar-refractivity contribution in [2.45, 2.75) is 18.6 Å². The van der Waals surface area contributed by atoms with Crippen LogP contribution in [0.25, 0.3) is 22.2 Å². The third kappa shape index (κ3) is 4.61. The molecular formula is C30H21Cl2F3N2O3. The van der Waals surface area contributed by atoms with Crippen molar-refractivity contribution in [2.24, 2.45) is 0 Å². The number of methoxy groups -OCH3 is 1. The van der Waals surface area contributed by atoms with Gasteiger partial charge in [0.05, 0.1) is 18.4 Å². The van der Waals surface area contributed by atoms with Gasteiger partial charge in [-0.1, -0.05) is 41.4 Å². The van der Waals surface area contributed by atoms with E-state index in [9.17, 15) is 18.0 Å². The largest absolute Gasteiger partial charge is 0.497 e. The summed E-state index contributed by atoms with van der Waals surface area (Å²) < 4.78 is 52.8. The van der Waals surface area contributed by atoms with Gasteiger partial charge in [-0.3, -0.25) is 4.79 Å². The van der Waals surface area contributed by atoms with E-state index in [0.717, 1.165) is 22.5 Å². The minimum atomic E-state index is -4.56. The number of nitrogens with one attached hydrogen (secondary N) is 1. The first-order valence-corrected chi connectivity index (χ1v) is 13.1. The highest BCUT2D eigenvalue weighted by molar-refractivity contribution is 6.35. The van der Waals surface area contributed by atoms with Crippen LogP contribution >= 0.6 is 23.2 Å². The second-order valence-electron chi connectivity index (χ2n) is 9.48. The molecule has 5 nitrogen and oxygen atoms in total. The second-order valence-corrected chi connectivity index (χ2v) is 10.4. The van der Waals surface area contributed by atoms with Crippen LogP contribution in [0.15, 0.2) is 77.2 Å². The summed E-state index contributed by atoms with van der Waals surface area (Å²) in [6.45, 7) is 0.319. The standard InChI is InChI=1S/C30H21Cl2F3N2O3/c1-39-19-6-7-24-22(15-19)20-10-11-37(29(38)16-12-17(31)14-18(32)13-16)28(27(20)36-24)26-9-8-25(40-26)21-4-2-3-5-23(21)30(33,34)35/h2-9,12-15,28,36H,10-11H2,1H3/t28-/m1/s1. The molecule has 1 aliphatic heterocycles. The Morgan fingerprint density at radius 2 is 1.77 bits per heavy atom. The molecule has 0 saturated carbocycles. The van der Waals surface area contributed by atoms with E-state index in [1.54, 1.807) is 18.1 Å². The van der Waals surface area contributed by atoms with E-state index >= 15 is 0 Å². The van der Waals surface area contributed by atoms with E-state index in [1.165, 1.54) is 42.5 Å². The van der Waals surface area contributed by atoms with Gasteiger partial charge in [-0.15, -0.1) is 0 Å². The number of nitrogens with zero attached hydrogens (tertiary/aromatic N) is 1. The summed E-state index contributed by atoms with van der Waals surface area (Å²) in [4.78, 5) is 18.9. The number of fused-ring (bicyclic) bond motifs is 3. The first-order chi connectivity index (χ1) is 19.1. The van der Waals surface area contributed by atoms with Crippen LogP contribution in [-0.2, 0) is 12.6 Å². The van der Waals surface area contributed by atoms with Crippen molar-refractivity contribution >= 4 is 40.0 Å². The number of aromatic amines is 1. The van der Waals surface area contributed by atoms with Gasteiger partial charge in [-0.05, 0) is 66.6 Å². The first kappa shape index (κ1) is 26.3. The molecule has 0 saturated heterocycles. The topological polar surface area (TPSA) is 58.5 Å². The molecule has 10 heteroatoms. The Morgan fingerprint density at radius 1 is 1.02 bits per heavy atom. The maximum absolute atomic E-state index is 13.9. The van der Waals surface area contributed by atoms with Gasteiger partial charge in [0.2, 0.25) is 0 Å². The predicted molar refractivity (Wildman–Crippen MR) is 147 cm³/mol. The van der Waals surface area contributed by atoms with Crippen molar-refractivity contribution < 1.29 is 27.1 Å². The number of benzene rings is 3. The maximum atomic E-state index is 13.9. The van der Waals surface area contributed by atoms with Gasteiger partial charge in [0.15, 0.2) is 0 Å². The molecule has 1 N–H and O–H groups in total. The quantitative estimate of drug-likeness (QED) is 0.230. The number of ether oxygens (including phenoxy) is 1. The van der Waals surface area contributed by atoms with Gasteiger partial charge < -0.3 is 19.0 Å². The number of carbonyl (C=O) groups is 1. The van der Waals surface area contributed by atoms with Crippen LogP contribution in [0.2, 0.25) is 10.0 Å². The van der Waals surface area contributed by atoms with Crippen LogP contribution in [0, 0.1) is 0 Å². The molecule has 3 aromatic carbocycles. The van der Waals surface area contributed by atoms with Crippen LogP contribution in [0.4, 0.5) is 13.2 Å². The lowest BCUT2D eigenvalue weighted by atomic mass is 9.95. The van der Waals surface area contributed by atoms with Gasteiger partial charge in [0.25, 0.3) is 5.91 Å². The smallest absolute Gasteiger partial charge is 0.417 e. The summed E-state index contributed by atoms with van der Waals surface area (Å²) in [5, 5.41) is 1.56. The zero-order chi connectivity index (χ0) is 28.2. The number of hydrogen-bond acceptors (Lipinski definition) is 3. The normalized spacial score (nSPS) is 15.3. The van der Waals surface area contributed by atoms with Gasteiger partial charge in [0, 0.05) is 38.6 Å². The lowest BCUT2D eigenvalue weighted by Crippen LogP contribution is -2.40. The Kier molecular flexibility index (Phi) is 6.55. The molecular weight excluding hydrogens is 564 g/mol. The van der Waals surface area contributed by atoms with Crippen molar-refractivity contribution in [3.05, 3.63) is 111 Å². The second kappa shape index (κ2) is 9.94. The third-order valence-electron chi connectivity index (χ3n) is 7.10. The lowest BCUT2D eigenvalue weighted by molar-refractivity contribution is -0.137. The highest BCUT2D eigenvalue weighted by Crippen LogP contribution is 2.43. The average molecular weight is 585 g/mol. The van der Waals surface area contributed by atoms with Crippen molar-refractivity contribution in [2.75, 3.05) is 13.7 Å². The van der Waals surface area contributed by atoms with Crippen LogP contribution in [-0.4, -0.2) is 29.4 Å². The molecule has 1 atom stereocenters. The van der Waals surface area contributed by atoms with Crippen molar-refractivity contribution in [3.8, 4) is 17.1 Å². The fraction of sp³-hybridized carbons (Fsp3) is 0.167. The highest BCUT2D eigenvalue weighted by atomic mass is 35.5. The average Bonchev–Trinajstić information content (AvgIpc) is 3.56. The summed E-state index contributed by atoms with van der Waals surface area (Å²) in [7, 11) is 1.59. The summed E-state index contributed by atoms with van der Waals surface area (Å²) in [6.07, 6.45) is -4.03. The molecule has 6 rings (SSSR count). The zero-order valence-corrected chi connectivity index (χ0v) is 22.5. The minimum Gasteiger partial charge on any atom is -0.497 e. The predicted octanol–water partition coefficient (Wildman–Crippen LogP) is 8.55. The van der Waals surface area contributed by atoms with Crippen molar-refractivity contribution in [3.63, 3.8) is 0 Å². The van der Waals surface area contributed by atoms with Crippen molar-refractivity contribution in [1.29, 1.82) is 0 Å². The molecule has 0 spiro atoms.